The quantitative estimate of drug-likeness (QED) is 0.508. The minimum atomic E-state index is 0.207. The van der Waals surface area contributed by atoms with E-state index in [0.717, 1.165) is 19.5 Å². The highest BCUT2D eigenvalue weighted by Crippen LogP contribution is 2.15. The summed E-state index contributed by atoms with van der Waals surface area (Å²) in [6.07, 6.45) is 2.81. The summed E-state index contributed by atoms with van der Waals surface area (Å²) in [6.45, 7) is 7.82. The van der Waals surface area contributed by atoms with E-state index in [0.29, 0.717) is 58.6 Å². The molecule has 0 saturated carbocycles. The van der Waals surface area contributed by atoms with Crippen LogP contribution in [0.25, 0.3) is 0 Å². The monoisotopic (exact) mass is 317 g/mol. The third kappa shape index (κ3) is 9.35. The van der Waals surface area contributed by atoms with Crippen molar-refractivity contribution in [1.82, 2.24) is 4.90 Å². The molecule has 1 saturated heterocycles. The number of carbonyl (C=O) groups is 1. The zero-order chi connectivity index (χ0) is 16.0. The van der Waals surface area contributed by atoms with Crippen molar-refractivity contribution >= 4 is 5.91 Å². The number of ether oxygens (including phenoxy) is 4. The molecule has 0 bridgehead atoms. The number of amides is 1. The third-order valence-corrected chi connectivity index (χ3v) is 3.65. The Labute approximate surface area is 134 Å². The van der Waals surface area contributed by atoms with Crippen LogP contribution in [0.15, 0.2) is 0 Å². The molecule has 1 amide bonds. The molecule has 0 aromatic carbocycles. The Hall–Kier alpha value is -0.690. The summed E-state index contributed by atoms with van der Waals surface area (Å²) in [5.74, 6) is 0.831. The molecule has 1 fully saturated rings. The van der Waals surface area contributed by atoms with Crippen molar-refractivity contribution in [2.75, 3.05) is 66.4 Å². The van der Waals surface area contributed by atoms with Crippen molar-refractivity contribution in [3.05, 3.63) is 0 Å². The van der Waals surface area contributed by atoms with Gasteiger partial charge in [0.25, 0.3) is 0 Å². The van der Waals surface area contributed by atoms with Crippen LogP contribution in [0, 0.1) is 5.92 Å². The van der Waals surface area contributed by atoms with Crippen molar-refractivity contribution in [3.8, 4) is 0 Å². The Morgan fingerprint density at radius 1 is 1.00 bits per heavy atom. The fourth-order valence-electron chi connectivity index (χ4n) is 2.42. The number of hydrogen-bond acceptors (Lipinski definition) is 5. The number of methoxy groups -OCH3 is 1. The second-order valence-electron chi connectivity index (χ2n) is 5.67. The largest absolute Gasteiger partial charge is 0.382 e. The molecule has 1 heterocycles. The van der Waals surface area contributed by atoms with Gasteiger partial charge in [-0.2, -0.15) is 0 Å². The van der Waals surface area contributed by atoms with Crippen molar-refractivity contribution in [2.24, 2.45) is 5.92 Å². The highest BCUT2D eigenvalue weighted by atomic mass is 16.6. The van der Waals surface area contributed by atoms with Crippen molar-refractivity contribution in [3.63, 3.8) is 0 Å². The number of rotatable bonds is 12. The Morgan fingerprint density at radius 2 is 1.59 bits per heavy atom. The average molecular weight is 317 g/mol. The second kappa shape index (κ2) is 12.8. The topological polar surface area (TPSA) is 57.2 Å². The highest BCUT2D eigenvalue weighted by molar-refractivity contribution is 5.76. The first-order chi connectivity index (χ1) is 10.7. The van der Waals surface area contributed by atoms with E-state index in [4.69, 9.17) is 18.9 Å². The zero-order valence-electron chi connectivity index (χ0n) is 14.1. The first-order valence-corrected chi connectivity index (χ1v) is 8.24. The minimum Gasteiger partial charge on any atom is -0.382 e. The Kier molecular flexibility index (Phi) is 11.3. The smallest absolute Gasteiger partial charge is 0.224 e. The predicted octanol–water partition coefficient (Wildman–Crippen LogP) is 1.33. The van der Waals surface area contributed by atoms with Crippen molar-refractivity contribution in [1.29, 1.82) is 0 Å². The lowest BCUT2D eigenvalue weighted by atomic mass is 10.0. The molecule has 0 aromatic rings. The van der Waals surface area contributed by atoms with Crippen LogP contribution in [0.1, 0.15) is 26.2 Å². The molecule has 1 unspecified atom stereocenters. The van der Waals surface area contributed by atoms with Crippen molar-refractivity contribution < 1.29 is 23.7 Å². The summed E-state index contributed by atoms with van der Waals surface area (Å²) in [6, 6.07) is 0. The fourth-order valence-corrected chi connectivity index (χ4v) is 2.42. The summed E-state index contributed by atoms with van der Waals surface area (Å²) in [5.41, 5.74) is 0. The van der Waals surface area contributed by atoms with Crippen molar-refractivity contribution in [2.45, 2.75) is 26.2 Å². The zero-order valence-corrected chi connectivity index (χ0v) is 14.1. The Balaban J connectivity index is 1.85. The molecule has 1 aliphatic rings. The van der Waals surface area contributed by atoms with Crippen LogP contribution in [0.3, 0.4) is 0 Å². The SMILES string of the molecule is COCCOCCOCCOCCC(=O)N1CCCC(C)C1. The number of piperidine rings is 1. The molecule has 6 nitrogen and oxygen atoms in total. The lowest BCUT2D eigenvalue weighted by molar-refractivity contribution is -0.134. The standard InChI is InChI=1S/C16H31NO5/c1-15-4-3-6-17(14-15)16(18)5-7-20-10-11-22-13-12-21-9-8-19-2/h15H,3-14H2,1-2H3. The van der Waals surface area contributed by atoms with Gasteiger partial charge in [-0.15, -0.1) is 0 Å². The van der Waals surface area contributed by atoms with E-state index in [9.17, 15) is 4.79 Å². The molecule has 0 spiro atoms. The Morgan fingerprint density at radius 3 is 2.18 bits per heavy atom. The van der Waals surface area contributed by atoms with E-state index in [-0.39, 0.29) is 5.91 Å². The minimum absolute atomic E-state index is 0.207. The summed E-state index contributed by atoms with van der Waals surface area (Å²) >= 11 is 0. The van der Waals surface area contributed by atoms with Gasteiger partial charge in [0.2, 0.25) is 5.91 Å². The van der Waals surface area contributed by atoms with Gasteiger partial charge in [-0.25, -0.2) is 0 Å². The molecule has 6 heteroatoms. The number of nitrogens with zero attached hydrogens (tertiary/aromatic N) is 1. The Bertz CT molecular complexity index is 288. The maximum absolute atomic E-state index is 12.0. The normalized spacial score (nSPS) is 18.6. The van der Waals surface area contributed by atoms with Gasteiger partial charge in [-0.3, -0.25) is 4.79 Å². The molecule has 1 rings (SSSR count). The van der Waals surface area contributed by atoms with E-state index < -0.39 is 0 Å². The summed E-state index contributed by atoms with van der Waals surface area (Å²) < 4.78 is 20.9. The predicted molar refractivity (Wildman–Crippen MR) is 83.9 cm³/mol. The van der Waals surface area contributed by atoms with Crippen LogP contribution in [-0.2, 0) is 23.7 Å². The van der Waals surface area contributed by atoms with E-state index in [1.54, 1.807) is 7.11 Å². The van der Waals surface area contributed by atoms with Gasteiger partial charge in [-0.1, -0.05) is 6.92 Å². The van der Waals surface area contributed by atoms with Crippen LogP contribution < -0.4 is 0 Å². The number of carbonyl (C=O) groups excluding carboxylic acids is 1. The van der Waals surface area contributed by atoms with Gasteiger partial charge in [-0.05, 0) is 18.8 Å². The van der Waals surface area contributed by atoms with E-state index in [1.165, 1.54) is 6.42 Å². The van der Waals surface area contributed by atoms with Gasteiger partial charge < -0.3 is 23.8 Å². The van der Waals surface area contributed by atoms with Crippen LogP contribution in [0.5, 0.6) is 0 Å². The molecular formula is C16H31NO5. The molecular weight excluding hydrogens is 286 g/mol. The molecule has 0 aromatic heterocycles. The highest BCUT2D eigenvalue weighted by Gasteiger charge is 2.20. The third-order valence-electron chi connectivity index (χ3n) is 3.65. The molecule has 1 aliphatic heterocycles. The molecule has 22 heavy (non-hydrogen) atoms. The van der Waals surface area contributed by atoms with E-state index in [1.807, 2.05) is 4.90 Å². The van der Waals surface area contributed by atoms with Gasteiger partial charge >= 0.3 is 0 Å². The van der Waals surface area contributed by atoms with Crippen LogP contribution in [0.4, 0.5) is 0 Å². The summed E-state index contributed by atoms with van der Waals surface area (Å²) in [4.78, 5) is 14.0. The molecule has 1 atom stereocenters. The molecule has 0 radical (unpaired) electrons. The molecule has 130 valence electrons. The summed E-state index contributed by atoms with van der Waals surface area (Å²) in [5, 5.41) is 0. The van der Waals surface area contributed by atoms with Crippen LogP contribution in [-0.4, -0.2) is 77.3 Å². The van der Waals surface area contributed by atoms with E-state index >= 15 is 0 Å². The number of likely N-dealkylation sites (tertiary alicyclic amines) is 1. The lowest BCUT2D eigenvalue weighted by Gasteiger charge is -2.31. The fraction of sp³-hybridized carbons (Fsp3) is 0.938. The number of hydrogen-bond donors (Lipinski definition) is 0. The first kappa shape index (κ1) is 19.4. The van der Waals surface area contributed by atoms with Gasteiger partial charge in [0.05, 0.1) is 52.7 Å². The van der Waals surface area contributed by atoms with Crippen LogP contribution >= 0.6 is 0 Å². The molecule has 0 aliphatic carbocycles. The first-order valence-electron chi connectivity index (χ1n) is 8.24. The second-order valence-corrected chi connectivity index (χ2v) is 5.67. The van der Waals surface area contributed by atoms with Gasteiger partial charge in [0.1, 0.15) is 0 Å². The van der Waals surface area contributed by atoms with Gasteiger partial charge in [0, 0.05) is 20.2 Å². The van der Waals surface area contributed by atoms with Gasteiger partial charge in [0.15, 0.2) is 0 Å². The lowest BCUT2D eigenvalue weighted by Crippen LogP contribution is -2.39. The average Bonchev–Trinajstić information content (AvgIpc) is 2.52. The maximum Gasteiger partial charge on any atom is 0.224 e. The molecule has 0 N–H and O–H groups in total. The van der Waals surface area contributed by atoms with Crippen LogP contribution in [0.2, 0.25) is 0 Å². The maximum atomic E-state index is 12.0. The van der Waals surface area contributed by atoms with E-state index in [2.05, 4.69) is 6.92 Å². The summed E-state index contributed by atoms with van der Waals surface area (Å²) in [7, 11) is 1.65.